The van der Waals surface area contributed by atoms with E-state index in [0.717, 1.165) is 19.5 Å². The second kappa shape index (κ2) is 4.81. The molecular weight excluding hydrogens is 230 g/mol. The van der Waals surface area contributed by atoms with Crippen molar-refractivity contribution in [2.45, 2.75) is 38.0 Å². The molecule has 1 saturated carbocycles. The van der Waals surface area contributed by atoms with Crippen molar-refractivity contribution in [2.24, 2.45) is 5.92 Å². The zero-order chi connectivity index (χ0) is 11.7. The van der Waals surface area contributed by atoms with Gasteiger partial charge in [0.15, 0.2) is 0 Å². The Hall–Kier alpha value is -0.830. The maximum Gasteiger partial charge on any atom is 0.226 e. The summed E-state index contributed by atoms with van der Waals surface area (Å²) < 4.78 is 0. The Balaban J connectivity index is 1.60. The van der Waals surface area contributed by atoms with Crippen LogP contribution in [-0.2, 0) is 4.79 Å². The molecule has 0 spiro atoms. The lowest BCUT2D eigenvalue weighted by Crippen LogP contribution is -2.33. The fourth-order valence-corrected chi connectivity index (χ4v) is 3.72. The Labute approximate surface area is 107 Å². The Morgan fingerprint density at radius 2 is 2.00 bits per heavy atom. The summed E-state index contributed by atoms with van der Waals surface area (Å²) in [7, 11) is 0. The Bertz CT molecular complexity index is 379. The summed E-state index contributed by atoms with van der Waals surface area (Å²) in [5.74, 6) is 1.25. The standard InChI is InChI=1S/C14H19NOS/c16-14(15-7-3-1-2-4-8-15)12-10-11(12)13-6-5-9-17-13/h5-6,9,11-12H,1-4,7-8,10H2. The van der Waals surface area contributed by atoms with E-state index in [1.807, 2.05) is 0 Å². The third-order valence-electron chi connectivity index (χ3n) is 3.93. The van der Waals surface area contributed by atoms with Gasteiger partial charge in [-0.05, 0) is 30.7 Å². The van der Waals surface area contributed by atoms with Crippen molar-refractivity contribution >= 4 is 17.2 Å². The zero-order valence-electron chi connectivity index (χ0n) is 10.1. The highest BCUT2D eigenvalue weighted by atomic mass is 32.1. The summed E-state index contributed by atoms with van der Waals surface area (Å²) >= 11 is 1.79. The van der Waals surface area contributed by atoms with Gasteiger partial charge in [0.05, 0.1) is 0 Å². The van der Waals surface area contributed by atoms with Gasteiger partial charge in [0.25, 0.3) is 0 Å². The average Bonchev–Trinajstić information content (AvgIpc) is 3.05. The summed E-state index contributed by atoms with van der Waals surface area (Å²) in [5.41, 5.74) is 0. The van der Waals surface area contributed by atoms with E-state index >= 15 is 0 Å². The van der Waals surface area contributed by atoms with Crippen LogP contribution in [0.5, 0.6) is 0 Å². The number of hydrogen-bond acceptors (Lipinski definition) is 2. The molecule has 2 atom stereocenters. The molecule has 2 unspecified atom stereocenters. The number of amides is 1. The molecule has 2 nitrogen and oxygen atoms in total. The molecule has 1 aliphatic heterocycles. The summed E-state index contributed by atoms with van der Waals surface area (Å²) in [4.78, 5) is 15.9. The fraction of sp³-hybridized carbons (Fsp3) is 0.643. The van der Waals surface area contributed by atoms with Crippen LogP contribution >= 0.6 is 11.3 Å². The minimum Gasteiger partial charge on any atom is -0.342 e. The molecule has 1 saturated heterocycles. The molecule has 0 bridgehead atoms. The Morgan fingerprint density at radius 1 is 1.24 bits per heavy atom. The van der Waals surface area contributed by atoms with Gasteiger partial charge < -0.3 is 4.90 Å². The third kappa shape index (κ3) is 2.39. The minimum absolute atomic E-state index is 0.298. The van der Waals surface area contributed by atoms with Gasteiger partial charge in [0.2, 0.25) is 5.91 Å². The molecule has 92 valence electrons. The zero-order valence-corrected chi connectivity index (χ0v) is 10.9. The maximum absolute atomic E-state index is 12.3. The second-order valence-corrected chi connectivity index (χ2v) is 6.18. The molecule has 0 aromatic carbocycles. The molecule has 3 rings (SSSR count). The van der Waals surface area contributed by atoms with Crippen LogP contribution < -0.4 is 0 Å². The molecule has 1 aromatic heterocycles. The molecule has 0 N–H and O–H groups in total. The summed E-state index contributed by atoms with van der Waals surface area (Å²) in [6, 6.07) is 4.26. The maximum atomic E-state index is 12.3. The first-order chi connectivity index (χ1) is 8.36. The summed E-state index contributed by atoms with van der Waals surface area (Å²) in [6.07, 6.45) is 6.06. The number of carbonyl (C=O) groups excluding carboxylic acids is 1. The van der Waals surface area contributed by atoms with E-state index < -0.39 is 0 Å². The number of carbonyl (C=O) groups is 1. The van der Waals surface area contributed by atoms with Gasteiger partial charge in [0, 0.05) is 29.8 Å². The topological polar surface area (TPSA) is 20.3 Å². The number of nitrogens with zero attached hydrogens (tertiary/aromatic N) is 1. The van der Waals surface area contributed by atoms with Crippen LogP contribution in [0.25, 0.3) is 0 Å². The van der Waals surface area contributed by atoms with Crippen LogP contribution in [0.3, 0.4) is 0 Å². The largest absolute Gasteiger partial charge is 0.342 e. The van der Waals surface area contributed by atoms with Crippen LogP contribution in [0.1, 0.15) is 42.9 Å². The molecular formula is C14H19NOS. The first-order valence-electron chi connectivity index (χ1n) is 6.68. The van der Waals surface area contributed by atoms with Gasteiger partial charge in [0.1, 0.15) is 0 Å². The first-order valence-corrected chi connectivity index (χ1v) is 7.56. The second-order valence-electron chi connectivity index (χ2n) is 5.20. The fourth-order valence-electron chi connectivity index (χ4n) is 2.81. The van der Waals surface area contributed by atoms with Crippen molar-refractivity contribution in [1.82, 2.24) is 4.90 Å². The SMILES string of the molecule is O=C(C1CC1c1cccs1)N1CCCCCC1. The Kier molecular flexibility index (Phi) is 3.19. The minimum atomic E-state index is 0.298. The van der Waals surface area contributed by atoms with Crippen LogP contribution in [0, 0.1) is 5.92 Å². The van der Waals surface area contributed by atoms with Crippen molar-refractivity contribution in [3.8, 4) is 0 Å². The summed E-state index contributed by atoms with van der Waals surface area (Å²) in [5, 5.41) is 2.11. The van der Waals surface area contributed by atoms with E-state index in [4.69, 9.17) is 0 Å². The van der Waals surface area contributed by atoms with Crippen molar-refractivity contribution < 1.29 is 4.79 Å². The van der Waals surface area contributed by atoms with Gasteiger partial charge in [-0.2, -0.15) is 0 Å². The van der Waals surface area contributed by atoms with E-state index in [9.17, 15) is 4.79 Å². The molecule has 17 heavy (non-hydrogen) atoms. The molecule has 1 amide bonds. The van der Waals surface area contributed by atoms with Gasteiger partial charge in [-0.3, -0.25) is 4.79 Å². The lowest BCUT2D eigenvalue weighted by Gasteiger charge is -2.20. The highest BCUT2D eigenvalue weighted by Gasteiger charge is 2.46. The van der Waals surface area contributed by atoms with Crippen LogP contribution in [0.15, 0.2) is 17.5 Å². The van der Waals surface area contributed by atoms with Gasteiger partial charge in [-0.1, -0.05) is 18.9 Å². The van der Waals surface area contributed by atoms with Crippen LogP contribution in [-0.4, -0.2) is 23.9 Å². The van der Waals surface area contributed by atoms with Gasteiger partial charge in [-0.25, -0.2) is 0 Å². The van der Waals surface area contributed by atoms with E-state index in [1.165, 1.54) is 30.6 Å². The molecule has 2 fully saturated rings. The molecule has 0 radical (unpaired) electrons. The van der Waals surface area contributed by atoms with Crippen LogP contribution in [0.4, 0.5) is 0 Å². The van der Waals surface area contributed by atoms with Crippen molar-refractivity contribution in [3.63, 3.8) is 0 Å². The van der Waals surface area contributed by atoms with Crippen LogP contribution in [0.2, 0.25) is 0 Å². The lowest BCUT2D eigenvalue weighted by molar-refractivity contribution is -0.132. The number of thiophene rings is 1. The number of likely N-dealkylation sites (tertiary alicyclic amines) is 1. The van der Waals surface area contributed by atoms with Crippen molar-refractivity contribution in [2.75, 3.05) is 13.1 Å². The van der Waals surface area contributed by atoms with E-state index in [2.05, 4.69) is 22.4 Å². The quantitative estimate of drug-likeness (QED) is 0.788. The van der Waals surface area contributed by atoms with Gasteiger partial charge >= 0.3 is 0 Å². The third-order valence-corrected chi connectivity index (χ3v) is 4.94. The monoisotopic (exact) mass is 249 g/mol. The van der Waals surface area contributed by atoms with Gasteiger partial charge in [-0.15, -0.1) is 11.3 Å². The number of rotatable bonds is 2. The molecule has 2 heterocycles. The molecule has 2 aliphatic rings. The Morgan fingerprint density at radius 3 is 2.65 bits per heavy atom. The van der Waals surface area contributed by atoms with E-state index in [-0.39, 0.29) is 0 Å². The molecule has 1 aliphatic carbocycles. The highest BCUT2D eigenvalue weighted by Crippen LogP contribution is 2.50. The predicted molar refractivity (Wildman–Crippen MR) is 70.2 cm³/mol. The van der Waals surface area contributed by atoms with E-state index in [0.29, 0.717) is 17.7 Å². The number of hydrogen-bond donors (Lipinski definition) is 0. The first kappa shape index (κ1) is 11.3. The average molecular weight is 249 g/mol. The van der Waals surface area contributed by atoms with Crippen molar-refractivity contribution in [3.05, 3.63) is 22.4 Å². The summed E-state index contributed by atoms with van der Waals surface area (Å²) in [6.45, 7) is 1.99. The smallest absolute Gasteiger partial charge is 0.226 e. The van der Waals surface area contributed by atoms with E-state index in [1.54, 1.807) is 11.3 Å². The normalized spacial score (nSPS) is 28.8. The predicted octanol–water partition coefficient (Wildman–Crippen LogP) is 3.25. The van der Waals surface area contributed by atoms with Crippen molar-refractivity contribution in [1.29, 1.82) is 0 Å². The molecule has 1 aromatic rings. The molecule has 3 heteroatoms. The lowest BCUT2D eigenvalue weighted by atomic mass is 10.2. The highest BCUT2D eigenvalue weighted by molar-refractivity contribution is 7.10.